The van der Waals surface area contributed by atoms with E-state index in [2.05, 4.69) is 34.5 Å². The fraction of sp³-hybridized carbons (Fsp3) is 0.588. The van der Waals surface area contributed by atoms with Crippen molar-refractivity contribution in [1.29, 1.82) is 0 Å². The second kappa shape index (κ2) is 6.58. The van der Waals surface area contributed by atoms with Crippen molar-refractivity contribution in [2.45, 2.75) is 44.4 Å². The first kappa shape index (κ1) is 14.5. The molecule has 1 aromatic rings. The van der Waals surface area contributed by atoms with E-state index in [0.29, 0.717) is 6.04 Å². The lowest BCUT2D eigenvalue weighted by Crippen LogP contribution is -2.44. The molecule has 0 unspecified atom stereocenters. The largest absolute Gasteiger partial charge is 0.383 e. The van der Waals surface area contributed by atoms with Crippen LogP contribution in [0.1, 0.15) is 31.2 Å². The molecule has 0 aromatic heterocycles. The minimum atomic E-state index is -0.829. The van der Waals surface area contributed by atoms with Crippen LogP contribution in [0.5, 0.6) is 0 Å². The molecule has 1 amide bonds. The number of carbonyl (C=O) groups excluding carboxylic acids is 1. The number of hydrogen-bond donors (Lipinski definition) is 2. The lowest BCUT2D eigenvalue weighted by molar-refractivity contribution is -0.133. The summed E-state index contributed by atoms with van der Waals surface area (Å²) < 4.78 is 0. The summed E-state index contributed by atoms with van der Waals surface area (Å²) in [7, 11) is 0. The van der Waals surface area contributed by atoms with Crippen molar-refractivity contribution in [3.05, 3.63) is 35.9 Å². The first-order chi connectivity index (χ1) is 10.2. The number of hydrogen-bond acceptors (Lipinski definition) is 3. The fourth-order valence-electron chi connectivity index (χ4n) is 3.00. The molecule has 1 aliphatic carbocycles. The number of benzene rings is 1. The number of likely N-dealkylation sites (tertiary alicyclic amines) is 1. The maximum Gasteiger partial charge on any atom is 0.249 e. The SMILES string of the molecule is O=C(NC1CC1)[C@H](O)C1CCN(Cc2ccccc2)CC1. The van der Waals surface area contributed by atoms with Gasteiger partial charge in [0.2, 0.25) is 5.91 Å². The number of carbonyl (C=O) groups is 1. The zero-order chi connectivity index (χ0) is 14.7. The molecule has 1 saturated heterocycles. The Balaban J connectivity index is 1.44. The van der Waals surface area contributed by atoms with Crippen molar-refractivity contribution in [2.75, 3.05) is 13.1 Å². The van der Waals surface area contributed by atoms with Crippen LogP contribution >= 0.6 is 0 Å². The van der Waals surface area contributed by atoms with Gasteiger partial charge in [0.15, 0.2) is 0 Å². The quantitative estimate of drug-likeness (QED) is 0.864. The Morgan fingerprint density at radius 1 is 1.19 bits per heavy atom. The van der Waals surface area contributed by atoms with Gasteiger partial charge < -0.3 is 10.4 Å². The van der Waals surface area contributed by atoms with Crippen LogP contribution in [0.4, 0.5) is 0 Å². The van der Waals surface area contributed by atoms with Crippen LogP contribution in [0.3, 0.4) is 0 Å². The maximum absolute atomic E-state index is 11.9. The highest BCUT2D eigenvalue weighted by molar-refractivity contribution is 5.81. The molecule has 21 heavy (non-hydrogen) atoms. The molecule has 1 aromatic carbocycles. The average molecular weight is 288 g/mol. The second-order valence-corrected chi connectivity index (χ2v) is 6.33. The highest BCUT2D eigenvalue weighted by Crippen LogP contribution is 2.24. The van der Waals surface area contributed by atoms with Crippen molar-refractivity contribution >= 4 is 5.91 Å². The molecular weight excluding hydrogens is 264 g/mol. The van der Waals surface area contributed by atoms with E-state index in [1.54, 1.807) is 0 Å². The van der Waals surface area contributed by atoms with Crippen LogP contribution in [0.15, 0.2) is 30.3 Å². The Labute approximate surface area is 126 Å². The molecule has 4 nitrogen and oxygen atoms in total. The normalized spacial score (nSPS) is 22.0. The highest BCUT2D eigenvalue weighted by Gasteiger charge is 2.32. The Kier molecular flexibility index (Phi) is 4.56. The molecule has 2 fully saturated rings. The van der Waals surface area contributed by atoms with Gasteiger partial charge in [0.25, 0.3) is 0 Å². The van der Waals surface area contributed by atoms with E-state index in [9.17, 15) is 9.90 Å². The van der Waals surface area contributed by atoms with E-state index in [4.69, 9.17) is 0 Å². The van der Waals surface area contributed by atoms with Gasteiger partial charge in [-0.05, 0) is 50.3 Å². The summed E-state index contributed by atoms with van der Waals surface area (Å²) in [6.45, 7) is 2.86. The molecule has 2 aliphatic rings. The molecule has 3 rings (SSSR count). The second-order valence-electron chi connectivity index (χ2n) is 6.33. The van der Waals surface area contributed by atoms with Crippen molar-refractivity contribution in [1.82, 2.24) is 10.2 Å². The third-order valence-corrected chi connectivity index (χ3v) is 4.52. The fourth-order valence-corrected chi connectivity index (χ4v) is 3.00. The Bertz CT molecular complexity index is 465. The molecule has 2 N–H and O–H groups in total. The first-order valence-corrected chi connectivity index (χ1v) is 7.97. The van der Waals surface area contributed by atoms with Gasteiger partial charge in [-0.3, -0.25) is 9.69 Å². The number of aliphatic hydroxyl groups is 1. The Morgan fingerprint density at radius 3 is 2.48 bits per heavy atom. The van der Waals surface area contributed by atoms with Crippen LogP contribution in [-0.4, -0.2) is 41.1 Å². The molecule has 1 atom stereocenters. The minimum absolute atomic E-state index is 0.107. The predicted molar refractivity (Wildman–Crippen MR) is 81.6 cm³/mol. The van der Waals surface area contributed by atoms with Gasteiger partial charge in [-0.1, -0.05) is 30.3 Å². The van der Waals surface area contributed by atoms with Crippen LogP contribution in [-0.2, 0) is 11.3 Å². The highest BCUT2D eigenvalue weighted by atomic mass is 16.3. The van der Waals surface area contributed by atoms with Gasteiger partial charge in [-0.25, -0.2) is 0 Å². The summed E-state index contributed by atoms with van der Waals surface area (Å²) in [6, 6.07) is 10.8. The van der Waals surface area contributed by atoms with E-state index < -0.39 is 6.10 Å². The zero-order valence-corrected chi connectivity index (χ0v) is 12.4. The average Bonchev–Trinajstić information content (AvgIpc) is 3.32. The van der Waals surface area contributed by atoms with Crippen LogP contribution in [0.2, 0.25) is 0 Å². The van der Waals surface area contributed by atoms with E-state index in [1.807, 2.05) is 6.07 Å². The summed E-state index contributed by atoms with van der Waals surface area (Å²) in [6.07, 6.45) is 3.09. The van der Waals surface area contributed by atoms with E-state index >= 15 is 0 Å². The van der Waals surface area contributed by atoms with Gasteiger partial charge in [-0.2, -0.15) is 0 Å². The van der Waals surface area contributed by atoms with Crippen LogP contribution in [0, 0.1) is 5.92 Å². The lowest BCUT2D eigenvalue weighted by Gasteiger charge is -2.33. The number of nitrogens with one attached hydrogen (secondary N) is 1. The smallest absolute Gasteiger partial charge is 0.249 e. The van der Waals surface area contributed by atoms with Gasteiger partial charge in [0.05, 0.1) is 0 Å². The van der Waals surface area contributed by atoms with E-state index in [1.165, 1.54) is 5.56 Å². The first-order valence-electron chi connectivity index (χ1n) is 7.97. The van der Waals surface area contributed by atoms with Gasteiger partial charge >= 0.3 is 0 Å². The molecule has 114 valence electrons. The van der Waals surface area contributed by atoms with Gasteiger partial charge in [0.1, 0.15) is 6.10 Å². The van der Waals surface area contributed by atoms with Crippen molar-refractivity contribution in [3.8, 4) is 0 Å². The molecule has 0 bridgehead atoms. The third-order valence-electron chi connectivity index (χ3n) is 4.52. The number of piperidine rings is 1. The molecule has 1 saturated carbocycles. The topological polar surface area (TPSA) is 52.6 Å². The summed E-state index contributed by atoms with van der Waals surface area (Å²) in [4.78, 5) is 14.3. The van der Waals surface area contributed by atoms with E-state index in [-0.39, 0.29) is 11.8 Å². The molecule has 1 aliphatic heterocycles. The van der Waals surface area contributed by atoms with Crippen molar-refractivity contribution in [2.24, 2.45) is 5.92 Å². The maximum atomic E-state index is 11.9. The summed E-state index contributed by atoms with van der Waals surface area (Å²) in [5.74, 6) is -0.0604. The number of aliphatic hydroxyl groups excluding tert-OH is 1. The van der Waals surface area contributed by atoms with E-state index in [0.717, 1.165) is 45.3 Å². The Hall–Kier alpha value is -1.39. The summed E-state index contributed by atoms with van der Waals surface area (Å²) in [5.41, 5.74) is 1.32. The van der Waals surface area contributed by atoms with Gasteiger partial charge in [-0.15, -0.1) is 0 Å². The zero-order valence-electron chi connectivity index (χ0n) is 12.4. The van der Waals surface area contributed by atoms with Gasteiger partial charge in [0, 0.05) is 12.6 Å². The molecular formula is C17H24N2O2. The number of nitrogens with zero attached hydrogens (tertiary/aromatic N) is 1. The predicted octanol–water partition coefficient (Wildman–Crippen LogP) is 1.54. The van der Waals surface area contributed by atoms with Crippen LogP contribution in [0.25, 0.3) is 0 Å². The number of rotatable bonds is 5. The molecule has 1 heterocycles. The van der Waals surface area contributed by atoms with Crippen molar-refractivity contribution < 1.29 is 9.90 Å². The molecule has 4 heteroatoms. The Morgan fingerprint density at radius 2 is 1.86 bits per heavy atom. The summed E-state index contributed by atoms with van der Waals surface area (Å²) in [5, 5.41) is 13.1. The van der Waals surface area contributed by atoms with Crippen molar-refractivity contribution in [3.63, 3.8) is 0 Å². The summed E-state index contributed by atoms with van der Waals surface area (Å²) >= 11 is 0. The molecule has 0 radical (unpaired) electrons. The third kappa shape index (κ3) is 4.05. The standard InChI is InChI=1S/C17H24N2O2/c20-16(17(21)18-15-6-7-15)14-8-10-19(11-9-14)12-13-4-2-1-3-5-13/h1-5,14-16,20H,6-12H2,(H,18,21)/t16-/m1/s1. The van der Waals surface area contributed by atoms with Crippen LogP contribution < -0.4 is 5.32 Å². The number of amides is 1. The molecule has 0 spiro atoms. The monoisotopic (exact) mass is 288 g/mol. The minimum Gasteiger partial charge on any atom is -0.383 e. The lowest BCUT2D eigenvalue weighted by atomic mass is 9.90.